The standard InChI is InChI=1S/C15H14N2O5/c1-2-6-10-11(14(19)20)13(18)12(15(21)22)16-17(10)9-7-4-3-5-8-9/h3-5,7-8H,2,6H2,1H3,(H,19,20)(H,21,22). The molecule has 114 valence electrons. The summed E-state index contributed by atoms with van der Waals surface area (Å²) in [5.74, 6) is -3.01. The van der Waals surface area contributed by atoms with Gasteiger partial charge in [-0.05, 0) is 18.6 Å². The number of carboxylic acids is 2. The van der Waals surface area contributed by atoms with Crippen LogP contribution >= 0.6 is 0 Å². The first-order valence-electron chi connectivity index (χ1n) is 6.65. The summed E-state index contributed by atoms with van der Waals surface area (Å²) in [6, 6.07) is 8.51. The number of nitrogens with zero attached hydrogens (tertiary/aromatic N) is 2. The Labute approximate surface area is 125 Å². The molecule has 1 heterocycles. The SMILES string of the molecule is CCCc1c(C(=O)O)c(=O)c(C(=O)O)nn1-c1ccccc1. The fourth-order valence-corrected chi connectivity index (χ4v) is 2.17. The Kier molecular flexibility index (Phi) is 4.36. The van der Waals surface area contributed by atoms with Crippen LogP contribution in [0.4, 0.5) is 0 Å². The first kappa shape index (κ1) is 15.4. The second-order valence-corrected chi connectivity index (χ2v) is 4.61. The maximum atomic E-state index is 12.1. The Morgan fingerprint density at radius 1 is 1.14 bits per heavy atom. The van der Waals surface area contributed by atoms with E-state index in [1.54, 1.807) is 30.3 Å². The van der Waals surface area contributed by atoms with Crippen LogP contribution in [0.3, 0.4) is 0 Å². The maximum absolute atomic E-state index is 12.1. The Balaban J connectivity index is 2.89. The van der Waals surface area contributed by atoms with Crippen molar-refractivity contribution in [1.29, 1.82) is 0 Å². The van der Waals surface area contributed by atoms with E-state index in [0.717, 1.165) is 0 Å². The Bertz CT molecular complexity index is 781. The lowest BCUT2D eigenvalue weighted by Crippen LogP contribution is -2.31. The smallest absolute Gasteiger partial charge is 0.360 e. The second kappa shape index (κ2) is 6.21. The summed E-state index contributed by atoms with van der Waals surface area (Å²) in [5, 5.41) is 22.3. The van der Waals surface area contributed by atoms with Gasteiger partial charge in [-0.3, -0.25) is 4.79 Å². The van der Waals surface area contributed by atoms with E-state index in [1.165, 1.54) is 4.68 Å². The van der Waals surface area contributed by atoms with Gasteiger partial charge in [0.2, 0.25) is 11.1 Å². The van der Waals surface area contributed by atoms with Crippen molar-refractivity contribution in [1.82, 2.24) is 9.78 Å². The van der Waals surface area contributed by atoms with Crippen LogP contribution in [0.2, 0.25) is 0 Å². The van der Waals surface area contributed by atoms with Gasteiger partial charge in [0.05, 0.1) is 11.4 Å². The Morgan fingerprint density at radius 3 is 2.27 bits per heavy atom. The fraction of sp³-hybridized carbons (Fsp3) is 0.200. The van der Waals surface area contributed by atoms with E-state index in [1.807, 2.05) is 6.92 Å². The van der Waals surface area contributed by atoms with Crippen LogP contribution < -0.4 is 5.43 Å². The minimum absolute atomic E-state index is 0.191. The lowest BCUT2D eigenvalue weighted by atomic mass is 10.1. The third-order valence-electron chi connectivity index (χ3n) is 3.09. The summed E-state index contributed by atoms with van der Waals surface area (Å²) in [4.78, 5) is 34.7. The van der Waals surface area contributed by atoms with Crippen LogP contribution in [0, 0.1) is 0 Å². The molecule has 22 heavy (non-hydrogen) atoms. The van der Waals surface area contributed by atoms with E-state index in [0.29, 0.717) is 18.5 Å². The highest BCUT2D eigenvalue weighted by molar-refractivity contribution is 5.93. The number of hydrogen-bond acceptors (Lipinski definition) is 4. The molecule has 0 aliphatic rings. The number of hydrogen-bond donors (Lipinski definition) is 2. The number of para-hydroxylation sites is 1. The van der Waals surface area contributed by atoms with Gasteiger partial charge in [0.15, 0.2) is 0 Å². The molecule has 2 N–H and O–H groups in total. The van der Waals surface area contributed by atoms with E-state index in [4.69, 9.17) is 5.11 Å². The molecule has 2 aromatic rings. The third kappa shape index (κ3) is 2.73. The minimum atomic E-state index is -1.56. The highest BCUT2D eigenvalue weighted by Gasteiger charge is 2.25. The zero-order chi connectivity index (χ0) is 16.3. The van der Waals surface area contributed by atoms with Crippen molar-refractivity contribution in [2.75, 3.05) is 0 Å². The summed E-state index contributed by atoms with van der Waals surface area (Å²) in [6.07, 6.45) is 0.874. The van der Waals surface area contributed by atoms with Crippen molar-refractivity contribution in [3.05, 3.63) is 57.5 Å². The number of aromatic carboxylic acids is 2. The molecule has 1 aromatic heterocycles. The monoisotopic (exact) mass is 302 g/mol. The summed E-state index contributed by atoms with van der Waals surface area (Å²) in [7, 11) is 0. The average Bonchev–Trinajstić information content (AvgIpc) is 2.48. The molecule has 0 aliphatic carbocycles. The van der Waals surface area contributed by atoms with Gasteiger partial charge >= 0.3 is 11.9 Å². The van der Waals surface area contributed by atoms with Gasteiger partial charge in [-0.1, -0.05) is 31.5 Å². The number of benzene rings is 1. The van der Waals surface area contributed by atoms with Crippen molar-refractivity contribution >= 4 is 11.9 Å². The molecule has 0 unspecified atom stereocenters. The molecule has 0 radical (unpaired) electrons. The normalized spacial score (nSPS) is 10.4. The van der Waals surface area contributed by atoms with E-state index < -0.39 is 28.6 Å². The molecular weight excluding hydrogens is 288 g/mol. The average molecular weight is 302 g/mol. The third-order valence-corrected chi connectivity index (χ3v) is 3.09. The molecule has 0 saturated heterocycles. The molecule has 0 spiro atoms. The van der Waals surface area contributed by atoms with Crippen molar-refractivity contribution < 1.29 is 19.8 Å². The number of carboxylic acid groups (broad SMARTS) is 2. The summed E-state index contributed by atoms with van der Waals surface area (Å²) in [6.45, 7) is 1.83. The largest absolute Gasteiger partial charge is 0.477 e. The molecule has 1 aromatic carbocycles. The Morgan fingerprint density at radius 2 is 1.77 bits per heavy atom. The van der Waals surface area contributed by atoms with E-state index in [-0.39, 0.29) is 5.69 Å². The lowest BCUT2D eigenvalue weighted by molar-refractivity contribution is 0.0685. The van der Waals surface area contributed by atoms with E-state index in [9.17, 15) is 19.5 Å². The fourth-order valence-electron chi connectivity index (χ4n) is 2.17. The highest BCUT2D eigenvalue weighted by atomic mass is 16.4. The van der Waals surface area contributed by atoms with Crippen molar-refractivity contribution in [2.45, 2.75) is 19.8 Å². The topological polar surface area (TPSA) is 109 Å². The lowest BCUT2D eigenvalue weighted by Gasteiger charge is -2.15. The molecule has 0 aliphatic heterocycles. The van der Waals surface area contributed by atoms with Crippen molar-refractivity contribution in [2.24, 2.45) is 0 Å². The number of rotatable bonds is 5. The van der Waals surface area contributed by atoms with Crippen molar-refractivity contribution in [3.63, 3.8) is 0 Å². The van der Waals surface area contributed by atoms with Crippen molar-refractivity contribution in [3.8, 4) is 5.69 Å². The van der Waals surface area contributed by atoms with Crippen LogP contribution in [0.5, 0.6) is 0 Å². The van der Waals surface area contributed by atoms with Crippen LogP contribution in [0.25, 0.3) is 5.69 Å². The molecule has 0 bridgehead atoms. The molecular formula is C15H14N2O5. The van der Waals surface area contributed by atoms with Gasteiger partial charge in [-0.2, -0.15) is 5.10 Å². The summed E-state index contributed by atoms with van der Waals surface area (Å²) < 4.78 is 1.22. The summed E-state index contributed by atoms with van der Waals surface area (Å²) in [5.41, 5.74) is -1.73. The predicted molar refractivity (Wildman–Crippen MR) is 77.7 cm³/mol. The maximum Gasteiger partial charge on any atom is 0.360 e. The molecule has 0 amide bonds. The molecule has 0 fully saturated rings. The van der Waals surface area contributed by atoms with Gasteiger partial charge in [0, 0.05) is 0 Å². The van der Waals surface area contributed by atoms with Crippen LogP contribution in [0.15, 0.2) is 35.1 Å². The van der Waals surface area contributed by atoms with Gasteiger partial charge in [0.25, 0.3) is 0 Å². The number of carbonyl (C=O) groups is 2. The van der Waals surface area contributed by atoms with Crippen LogP contribution in [0.1, 0.15) is 39.9 Å². The van der Waals surface area contributed by atoms with Crippen LogP contribution in [-0.4, -0.2) is 31.9 Å². The van der Waals surface area contributed by atoms with E-state index >= 15 is 0 Å². The van der Waals surface area contributed by atoms with Crippen LogP contribution in [-0.2, 0) is 6.42 Å². The first-order valence-corrected chi connectivity index (χ1v) is 6.65. The molecule has 7 heteroatoms. The predicted octanol–water partition coefficient (Wildman–Crippen LogP) is 1.58. The minimum Gasteiger partial charge on any atom is -0.477 e. The zero-order valence-corrected chi connectivity index (χ0v) is 11.8. The van der Waals surface area contributed by atoms with Gasteiger partial charge < -0.3 is 10.2 Å². The zero-order valence-electron chi connectivity index (χ0n) is 11.8. The highest BCUT2D eigenvalue weighted by Crippen LogP contribution is 2.14. The van der Waals surface area contributed by atoms with Gasteiger partial charge in [0.1, 0.15) is 5.56 Å². The first-order chi connectivity index (χ1) is 10.5. The number of aromatic nitrogens is 2. The quantitative estimate of drug-likeness (QED) is 0.867. The van der Waals surface area contributed by atoms with Gasteiger partial charge in [-0.25, -0.2) is 14.3 Å². The Hall–Kier alpha value is -2.96. The molecule has 0 atom stereocenters. The summed E-state index contributed by atoms with van der Waals surface area (Å²) >= 11 is 0. The molecule has 2 rings (SSSR count). The molecule has 0 saturated carbocycles. The van der Waals surface area contributed by atoms with Gasteiger partial charge in [-0.15, -0.1) is 0 Å². The second-order valence-electron chi connectivity index (χ2n) is 4.61. The molecule has 7 nitrogen and oxygen atoms in total. The van der Waals surface area contributed by atoms with E-state index in [2.05, 4.69) is 5.10 Å².